The van der Waals surface area contributed by atoms with E-state index in [1.165, 1.54) is 26.4 Å². The summed E-state index contributed by atoms with van der Waals surface area (Å²) in [6, 6.07) is 14.5. The number of anilines is 6. The van der Waals surface area contributed by atoms with Crippen LogP contribution in [0.4, 0.5) is 45.2 Å². The van der Waals surface area contributed by atoms with E-state index < -0.39 is 6.04 Å². The first-order chi connectivity index (χ1) is 24.6. The lowest BCUT2D eigenvalue weighted by Gasteiger charge is -2.21. The molecule has 0 spiro atoms. The number of ether oxygens (including phenoxy) is 5. The van der Waals surface area contributed by atoms with E-state index in [4.69, 9.17) is 40.1 Å². The maximum atomic E-state index is 13.5. The van der Waals surface area contributed by atoms with Gasteiger partial charge in [-0.3, -0.25) is 0 Å². The summed E-state index contributed by atoms with van der Waals surface area (Å²) in [6.45, 7) is 0. The molecule has 0 saturated heterocycles. The average Bonchev–Trinajstić information content (AvgIpc) is 3.32. The highest BCUT2D eigenvalue weighted by atomic mass is 19.1. The molecule has 6 rings (SSSR count). The Bertz CT molecular complexity index is 2070. The molecule has 0 radical (unpaired) electrons. The van der Waals surface area contributed by atoms with Gasteiger partial charge >= 0.3 is 6.01 Å². The Morgan fingerprint density at radius 1 is 0.804 bits per heavy atom. The van der Waals surface area contributed by atoms with Gasteiger partial charge in [0.1, 0.15) is 11.5 Å². The van der Waals surface area contributed by atoms with E-state index in [0.717, 1.165) is 5.56 Å². The molecule has 3 heterocycles. The summed E-state index contributed by atoms with van der Waals surface area (Å²) >= 11 is 0. The topological polar surface area (TPSA) is 202 Å². The summed E-state index contributed by atoms with van der Waals surface area (Å²) in [5.74, 6) is 2.73. The summed E-state index contributed by atoms with van der Waals surface area (Å²) in [5, 5.41) is 6.49. The number of hydrogen-bond acceptors (Lipinski definition) is 16. The number of halogens is 1. The van der Waals surface area contributed by atoms with Crippen LogP contribution in [-0.2, 0) is 0 Å². The van der Waals surface area contributed by atoms with Crippen LogP contribution in [0.3, 0.4) is 0 Å². The van der Waals surface area contributed by atoms with Gasteiger partial charge in [-0.1, -0.05) is 6.07 Å². The van der Waals surface area contributed by atoms with Gasteiger partial charge < -0.3 is 50.7 Å². The van der Waals surface area contributed by atoms with Crippen LogP contribution in [0.5, 0.6) is 34.8 Å². The summed E-state index contributed by atoms with van der Waals surface area (Å²) < 4.78 is 42.1. The van der Waals surface area contributed by atoms with Crippen LogP contribution in [0.2, 0.25) is 0 Å². The van der Waals surface area contributed by atoms with Crippen LogP contribution in [-0.4, -0.2) is 73.2 Å². The molecule has 1 aliphatic rings. The monoisotopic (exact) mass is 697 g/mol. The third kappa shape index (κ3) is 7.36. The molecule has 1 atom stereocenters. The Kier molecular flexibility index (Phi) is 9.70. The number of aromatic nitrogens is 5. The predicted molar refractivity (Wildman–Crippen MR) is 191 cm³/mol. The van der Waals surface area contributed by atoms with Crippen LogP contribution in [0.15, 0.2) is 59.6 Å². The largest absolute Gasteiger partial charge is 0.493 e. The van der Waals surface area contributed by atoms with Gasteiger partial charge in [0.05, 0.1) is 40.2 Å². The van der Waals surface area contributed by atoms with Crippen molar-refractivity contribution in [1.82, 2.24) is 24.9 Å². The van der Waals surface area contributed by atoms with Crippen molar-refractivity contribution in [3.05, 3.63) is 71.5 Å². The Hall–Kier alpha value is -6.65. The lowest BCUT2D eigenvalue weighted by atomic mass is 9.96. The maximum absolute atomic E-state index is 13.5. The normalized spacial score (nSPS) is 13.5. The molecule has 17 heteroatoms. The molecule has 16 nitrogen and oxygen atoms in total. The molecule has 264 valence electrons. The number of benzene rings is 3. The van der Waals surface area contributed by atoms with Gasteiger partial charge in [0, 0.05) is 31.8 Å². The Morgan fingerprint density at radius 2 is 1.51 bits per heavy atom. The summed E-state index contributed by atoms with van der Waals surface area (Å²) in [7, 11) is 9.72. The first-order valence-electron chi connectivity index (χ1n) is 15.5. The molecular weight excluding hydrogens is 661 g/mol. The fraction of sp³-hybridized carbons (Fsp3) is 0.235. The van der Waals surface area contributed by atoms with Crippen molar-refractivity contribution in [2.75, 3.05) is 69.5 Å². The van der Waals surface area contributed by atoms with Crippen LogP contribution in [0, 0.1) is 5.82 Å². The summed E-state index contributed by atoms with van der Waals surface area (Å²) in [5.41, 5.74) is 15.3. The Morgan fingerprint density at radius 3 is 2.16 bits per heavy atom. The van der Waals surface area contributed by atoms with Gasteiger partial charge in [0.15, 0.2) is 34.6 Å². The minimum Gasteiger partial charge on any atom is -0.493 e. The zero-order valence-electron chi connectivity index (χ0n) is 28.7. The highest BCUT2D eigenvalue weighted by molar-refractivity contribution is 6.05. The van der Waals surface area contributed by atoms with Gasteiger partial charge in [0.2, 0.25) is 23.6 Å². The highest BCUT2D eigenvalue weighted by Gasteiger charge is 2.27. The van der Waals surface area contributed by atoms with Crippen molar-refractivity contribution >= 4 is 46.6 Å². The number of fused-ring (bicyclic) bond motifs is 1. The second-order valence-corrected chi connectivity index (χ2v) is 11.3. The number of nitrogen functional groups attached to an aromatic ring is 2. The van der Waals surface area contributed by atoms with E-state index in [0.29, 0.717) is 69.6 Å². The molecule has 2 aromatic heterocycles. The molecular formula is C34H36FN11O5. The van der Waals surface area contributed by atoms with E-state index in [9.17, 15) is 4.39 Å². The Labute approximate surface area is 292 Å². The SMILES string of the molecule is COc1cc(C2CC(c3cc(OC)c(OC)c(OC)c3)=Nc3c(N)nc(N)nc3N2)ccc1Oc1nc(Nc2ccc(F)cc2)nc(N(C)C)n1. The van der Waals surface area contributed by atoms with Gasteiger partial charge in [0.25, 0.3) is 0 Å². The van der Waals surface area contributed by atoms with Crippen molar-refractivity contribution in [3.8, 4) is 34.8 Å². The minimum atomic E-state index is -0.412. The van der Waals surface area contributed by atoms with Gasteiger partial charge in [-0.25, -0.2) is 9.38 Å². The zero-order valence-corrected chi connectivity index (χ0v) is 28.7. The molecule has 0 saturated carbocycles. The van der Waals surface area contributed by atoms with Crippen molar-refractivity contribution in [1.29, 1.82) is 0 Å². The van der Waals surface area contributed by atoms with Crippen molar-refractivity contribution in [2.24, 2.45) is 4.99 Å². The maximum Gasteiger partial charge on any atom is 0.328 e. The number of hydrogen-bond donors (Lipinski definition) is 4. The van der Waals surface area contributed by atoms with E-state index in [1.54, 1.807) is 51.4 Å². The smallest absolute Gasteiger partial charge is 0.328 e. The standard InChI is InChI=1S/C34H36FN11O5/c1-46(2)33-43-32(38-20-10-8-19(35)9-11-20)44-34(45-33)51-23-12-7-17(13-24(23)47-3)21-16-22(39-27-29(36)41-31(37)42-30(27)40-21)18-14-25(48-4)28(50-6)26(15-18)49-5/h7-15,21H,16H2,1-6H3,(H,38,43,44,45)(H5,36,37,40,41,42). The second kappa shape index (κ2) is 14.5. The fourth-order valence-corrected chi connectivity index (χ4v) is 5.32. The second-order valence-electron chi connectivity index (χ2n) is 11.3. The van der Waals surface area contributed by atoms with Crippen LogP contribution >= 0.6 is 0 Å². The van der Waals surface area contributed by atoms with E-state index in [1.807, 2.05) is 24.3 Å². The molecule has 51 heavy (non-hydrogen) atoms. The van der Waals surface area contributed by atoms with Crippen molar-refractivity contribution < 1.29 is 28.1 Å². The number of nitrogens with zero attached hydrogens (tertiary/aromatic N) is 7. The molecule has 0 fully saturated rings. The van der Waals surface area contributed by atoms with E-state index in [2.05, 4.69) is 35.6 Å². The Balaban J connectivity index is 1.36. The van der Waals surface area contributed by atoms with E-state index >= 15 is 0 Å². The quantitative estimate of drug-likeness (QED) is 0.139. The molecule has 5 aromatic rings. The average molecular weight is 698 g/mol. The lowest BCUT2D eigenvalue weighted by Crippen LogP contribution is -2.16. The molecule has 1 aliphatic heterocycles. The summed E-state index contributed by atoms with van der Waals surface area (Å²) in [4.78, 5) is 28.4. The summed E-state index contributed by atoms with van der Waals surface area (Å²) in [6.07, 6.45) is 0.357. The van der Waals surface area contributed by atoms with Crippen LogP contribution in [0.1, 0.15) is 23.6 Å². The van der Waals surface area contributed by atoms with Crippen molar-refractivity contribution in [2.45, 2.75) is 12.5 Å². The lowest BCUT2D eigenvalue weighted by molar-refractivity contribution is 0.324. The van der Waals surface area contributed by atoms with Crippen molar-refractivity contribution in [3.63, 3.8) is 0 Å². The first kappa shape index (κ1) is 34.2. The molecule has 6 N–H and O–H groups in total. The third-order valence-corrected chi connectivity index (χ3v) is 7.78. The number of nitrogens with one attached hydrogen (secondary N) is 2. The molecule has 1 unspecified atom stereocenters. The number of rotatable bonds is 11. The zero-order chi connectivity index (χ0) is 36.2. The first-order valence-corrected chi connectivity index (χ1v) is 15.5. The predicted octanol–water partition coefficient (Wildman–Crippen LogP) is 5.28. The van der Waals surface area contributed by atoms with Gasteiger partial charge in [-0.2, -0.15) is 24.9 Å². The molecule has 3 aromatic carbocycles. The van der Waals surface area contributed by atoms with Gasteiger partial charge in [-0.15, -0.1) is 0 Å². The molecule has 0 amide bonds. The fourth-order valence-electron chi connectivity index (χ4n) is 5.32. The number of aliphatic imine (C=N–C) groups is 1. The highest BCUT2D eigenvalue weighted by Crippen LogP contribution is 2.43. The van der Waals surface area contributed by atoms with Crippen LogP contribution in [0.25, 0.3) is 0 Å². The van der Waals surface area contributed by atoms with Crippen LogP contribution < -0.4 is 50.7 Å². The third-order valence-electron chi connectivity index (χ3n) is 7.78. The number of methoxy groups -OCH3 is 4. The molecule has 0 bridgehead atoms. The molecule has 0 aliphatic carbocycles. The van der Waals surface area contributed by atoms with Gasteiger partial charge in [-0.05, 0) is 54.1 Å². The van der Waals surface area contributed by atoms with E-state index in [-0.39, 0.29) is 29.5 Å². The number of nitrogens with two attached hydrogens (primary N) is 2. The minimum absolute atomic E-state index is 0.00495.